The van der Waals surface area contributed by atoms with Crippen LogP contribution in [0.1, 0.15) is 85.0 Å². The third kappa shape index (κ3) is 22.8. The summed E-state index contributed by atoms with van der Waals surface area (Å²) in [4.78, 5) is 0. The standard InChI is InChI=1S/C7H13.C6H11.C4H9N.C2H6N.Ta/c1-7-5-3-2-4-6-7;1-2-4-6-5-3-1;1-3-4(2)5;1-3-2;/h2,7H,3-6H2,1H3;1H,2-6H2;4H,3H2,1-2H3;1-2H3;/q2*-1;;-1;. The van der Waals surface area contributed by atoms with Crippen LogP contribution in [0.3, 0.4) is 0 Å². The molecule has 2 saturated carbocycles. The van der Waals surface area contributed by atoms with Gasteiger partial charge in [0.1, 0.15) is 0 Å². The molecule has 2 rings (SSSR count). The van der Waals surface area contributed by atoms with Crippen molar-refractivity contribution in [3.05, 3.63) is 18.2 Å². The van der Waals surface area contributed by atoms with Gasteiger partial charge in [0.25, 0.3) is 0 Å². The normalized spacial score (nSPS) is 19.1. The molecule has 1 unspecified atom stereocenters. The van der Waals surface area contributed by atoms with Crippen LogP contribution in [0.5, 0.6) is 0 Å². The maximum atomic E-state index is 4.12. The van der Waals surface area contributed by atoms with Gasteiger partial charge in [0, 0.05) is 0 Å². The molecule has 0 saturated heterocycles. The Hall–Kier alpha value is 0.500. The van der Waals surface area contributed by atoms with Gasteiger partial charge in [-0.2, -0.15) is 39.8 Å². The van der Waals surface area contributed by atoms with Gasteiger partial charge >= 0.3 is 50.5 Å². The molecular formula is C19H39N2Ta-3. The Bertz CT molecular complexity index is 188. The molecular weight excluding hydrogens is 437 g/mol. The monoisotopic (exact) mass is 476 g/mol. The predicted octanol–water partition coefficient (Wildman–Crippen LogP) is 6.69. The van der Waals surface area contributed by atoms with Crippen molar-refractivity contribution in [2.45, 2.75) is 91.0 Å². The van der Waals surface area contributed by atoms with Gasteiger partial charge in [0.15, 0.2) is 0 Å². The van der Waals surface area contributed by atoms with Gasteiger partial charge in [-0.05, 0) is 5.92 Å². The average molecular weight is 476 g/mol. The quantitative estimate of drug-likeness (QED) is 0.397. The maximum absolute atomic E-state index is 4.12. The molecule has 0 aromatic carbocycles. The minimum atomic E-state index is 0.610. The summed E-state index contributed by atoms with van der Waals surface area (Å²) in [6.45, 7) is 6.63. The van der Waals surface area contributed by atoms with Crippen LogP contribution in [0.25, 0.3) is 5.32 Å². The molecule has 2 fully saturated rings. The molecule has 22 heavy (non-hydrogen) atoms. The van der Waals surface area contributed by atoms with Gasteiger partial charge in [-0.15, -0.1) is 0 Å². The minimum Gasteiger partial charge on any atom is -0.668 e. The fourth-order valence-corrected chi connectivity index (χ4v) is 2.66. The molecule has 0 aromatic heterocycles. The SMILES string of the molecule is CC1CC[CH-]CC1.CCC(C)[N]=[Ta].C[N-]C.[CH-]1CCCCC1. The molecule has 0 bridgehead atoms. The molecule has 133 valence electrons. The number of hydrogen-bond donors (Lipinski definition) is 0. The first-order valence-electron chi connectivity index (χ1n) is 9.07. The largest absolute Gasteiger partial charge is 0.668 e. The van der Waals surface area contributed by atoms with Crippen LogP contribution in [0.15, 0.2) is 3.34 Å². The van der Waals surface area contributed by atoms with E-state index in [0.29, 0.717) is 6.04 Å². The minimum absolute atomic E-state index is 0.610. The topological polar surface area (TPSA) is 26.5 Å². The number of hydrogen-bond acceptors (Lipinski definition) is 1. The fraction of sp³-hybridized carbons (Fsp3) is 0.895. The summed E-state index contributed by atoms with van der Waals surface area (Å²) in [5, 5.41) is 3.50. The van der Waals surface area contributed by atoms with E-state index in [1.54, 1.807) is 14.1 Å². The summed E-state index contributed by atoms with van der Waals surface area (Å²) in [6.07, 6.45) is 18.7. The zero-order valence-corrected chi connectivity index (χ0v) is 18.9. The number of rotatable bonds is 2. The van der Waals surface area contributed by atoms with Gasteiger partial charge in [0.05, 0.1) is 0 Å². The molecule has 3 heteroatoms. The van der Waals surface area contributed by atoms with Crippen molar-refractivity contribution in [1.82, 2.24) is 0 Å². The van der Waals surface area contributed by atoms with Crippen LogP contribution in [-0.4, -0.2) is 20.1 Å². The van der Waals surface area contributed by atoms with Gasteiger partial charge < -0.3 is 18.2 Å². The van der Waals surface area contributed by atoms with E-state index in [4.69, 9.17) is 0 Å². The molecule has 0 radical (unpaired) electrons. The van der Waals surface area contributed by atoms with E-state index in [1.807, 2.05) is 0 Å². The van der Waals surface area contributed by atoms with Gasteiger partial charge in [-0.1, -0.05) is 39.0 Å². The van der Waals surface area contributed by atoms with E-state index in [1.165, 1.54) is 85.1 Å². The Balaban J connectivity index is 0. The van der Waals surface area contributed by atoms with Crippen molar-refractivity contribution in [2.75, 3.05) is 14.1 Å². The molecule has 0 aromatic rings. The first-order valence-corrected chi connectivity index (χ1v) is 10.5. The van der Waals surface area contributed by atoms with E-state index >= 15 is 0 Å². The van der Waals surface area contributed by atoms with E-state index in [0.717, 1.165) is 5.92 Å². The van der Waals surface area contributed by atoms with E-state index in [2.05, 4.69) is 42.3 Å². The van der Waals surface area contributed by atoms with E-state index < -0.39 is 0 Å². The van der Waals surface area contributed by atoms with Gasteiger partial charge in [0.2, 0.25) is 0 Å². The molecule has 0 aliphatic heterocycles. The van der Waals surface area contributed by atoms with Crippen molar-refractivity contribution in [1.29, 1.82) is 0 Å². The zero-order chi connectivity index (χ0) is 17.1. The molecule has 2 aliphatic rings. The predicted molar refractivity (Wildman–Crippen MR) is 96.7 cm³/mol. The van der Waals surface area contributed by atoms with Crippen molar-refractivity contribution in [2.24, 2.45) is 9.26 Å². The van der Waals surface area contributed by atoms with Crippen molar-refractivity contribution < 1.29 is 20.9 Å². The molecule has 0 amide bonds. The van der Waals surface area contributed by atoms with Crippen molar-refractivity contribution in [3.8, 4) is 0 Å². The van der Waals surface area contributed by atoms with Crippen LogP contribution in [-0.2, 0) is 20.9 Å². The summed E-state index contributed by atoms with van der Waals surface area (Å²) in [7, 11) is 3.50. The average Bonchev–Trinajstić information content (AvgIpc) is 2.58. The van der Waals surface area contributed by atoms with Crippen molar-refractivity contribution >= 4 is 0 Å². The Kier molecular flexibility index (Phi) is 24.2. The van der Waals surface area contributed by atoms with E-state index in [-0.39, 0.29) is 0 Å². The number of nitrogens with zero attached hydrogens (tertiary/aromatic N) is 2. The smallest absolute Gasteiger partial charge is 0.0582 e. The summed E-state index contributed by atoms with van der Waals surface area (Å²) < 4.78 is 4.12. The van der Waals surface area contributed by atoms with Crippen LogP contribution >= 0.6 is 0 Å². The van der Waals surface area contributed by atoms with Crippen LogP contribution in [0.4, 0.5) is 0 Å². The Morgan fingerprint density at radius 2 is 1.50 bits per heavy atom. The Morgan fingerprint density at radius 1 is 1.05 bits per heavy atom. The molecule has 2 nitrogen and oxygen atoms in total. The third-order valence-corrected chi connectivity index (χ3v) is 5.25. The first kappa shape index (κ1) is 24.7. The maximum Gasteiger partial charge on any atom is -0.0582 e. The summed E-state index contributed by atoms with van der Waals surface area (Å²) in [6, 6.07) is 0.610. The van der Waals surface area contributed by atoms with Crippen LogP contribution < -0.4 is 0 Å². The van der Waals surface area contributed by atoms with Crippen LogP contribution in [0, 0.1) is 18.8 Å². The molecule has 0 heterocycles. The Morgan fingerprint density at radius 3 is 1.64 bits per heavy atom. The molecule has 2 aliphatic carbocycles. The second kappa shape index (κ2) is 21.5. The third-order valence-electron chi connectivity index (χ3n) is 3.83. The van der Waals surface area contributed by atoms with Gasteiger partial charge in [-0.3, -0.25) is 0 Å². The molecule has 1 atom stereocenters. The first-order chi connectivity index (χ1) is 10.6. The summed E-state index contributed by atoms with van der Waals surface area (Å²) in [5.74, 6) is 1.00. The molecule has 0 N–H and O–H groups in total. The zero-order valence-electron chi connectivity index (χ0n) is 15.7. The summed E-state index contributed by atoms with van der Waals surface area (Å²) >= 11 is 1.18. The second-order valence-corrected chi connectivity index (χ2v) is 7.12. The van der Waals surface area contributed by atoms with E-state index in [9.17, 15) is 0 Å². The fourth-order valence-electron chi connectivity index (χ4n) is 2.07. The second-order valence-electron chi connectivity index (χ2n) is 6.30. The van der Waals surface area contributed by atoms with Crippen molar-refractivity contribution in [3.63, 3.8) is 0 Å². The summed E-state index contributed by atoms with van der Waals surface area (Å²) in [5.41, 5.74) is 0. The Labute approximate surface area is 153 Å². The molecule has 0 spiro atoms. The van der Waals surface area contributed by atoms with Crippen LogP contribution in [0.2, 0.25) is 0 Å². The van der Waals surface area contributed by atoms with Gasteiger partial charge in [-0.25, -0.2) is 0 Å².